The van der Waals surface area contributed by atoms with Crippen LogP contribution in [0.4, 0.5) is 0 Å². The number of sulfonamides is 1. The number of amides is 1. The topological polar surface area (TPSA) is 75.7 Å². The number of benzene rings is 2. The molecule has 0 saturated carbocycles. The van der Waals surface area contributed by atoms with E-state index in [9.17, 15) is 13.2 Å². The summed E-state index contributed by atoms with van der Waals surface area (Å²) >= 11 is 6.08. The Hall–Kier alpha value is -2.09. The molecule has 0 radical (unpaired) electrons. The number of rotatable bonds is 7. The van der Waals surface area contributed by atoms with Crippen molar-refractivity contribution >= 4 is 27.5 Å². The minimum atomic E-state index is -3.60. The summed E-state index contributed by atoms with van der Waals surface area (Å²) in [4.78, 5) is 12.8. The predicted octanol–water partition coefficient (Wildman–Crippen LogP) is 3.55. The SMILES string of the molecule is Cc1ccc(S(=O)(=O)N2CCC[C@@H](C(=O)NCCOc3ccc(C)c(Cl)c3)C2)cc1. The number of halogens is 1. The lowest BCUT2D eigenvalue weighted by Crippen LogP contribution is -2.45. The zero-order chi connectivity index (χ0) is 21.7. The smallest absolute Gasteiger partial charge is 0.243 e. The first-order valence-corrected chi connectivity index (χ1v) is 11.8. The average molecular weight is 451 g/mol. The fourth-order valence-corrected chi connectivity index (χ4v) is 5.08. The Kier molecular flexibility index (Phi) is 7.39. The van der Waals surface area contributed by atoms with E-state index in [1.54, 1.807) is 30.3 Å². The van der Waals surface area contributed by atoms with E-state index in [-0.39, 0.29) is 23.3 Å². The summed E-state index contributed by atoms with van der Waals surface area (Å²) in [6.45, 7) is 5.09. The summed E-state index contributed by atoms with van der Waals surface area (Å²) in [7, 11) is -3.60. The molecule has 2 aromatic carbocycles. The van der Waals surface area contributed by atoms with Crippen molar-refractivity contribution in [2.24, 2.45) is 5.92 Å². The lowest BCUT2D eigenvalue weighted by atomic mass is 9.99. The number of carbonyl (C=O) groups is 1. The van der Waals surface area contributed by atoms with E-state index in [0.29, 0.717) is 43.3 Å². The Morgan fingerprint density at radius 3 is 2.63 bits per heavy atom. The van der Waals surface area contributed by atoms with Crippen LogP contribution in [0.3, 0.4) is 0 Å². The van der Waals surface area contributed by atoms with Crippen molar-refractivity contribution in [1.82, 2.24) is 9.62 Å². The second-order valence-corrected chi connectivity index (χ2v) is 9.91. The van der Waals surface area contributed by atoms with Crippen molar-refractivity contribution in [3.8, 4) is 5.75 Å². The quantitative estimate of drug-likeness (QED) is 0.654. The molecule has 2 aromatic rings. The Morgan fingerprint density at radius 2 is 1.93 bits per heavy atom. The van der Waals surface area contributed by atoms with Gasteiger partial charge in [-0.1, -0.05) is 35.4 Å². The van der Waals surface area contributed by atoms with E-state index in [2.05, 4.69) is 5.32 Å². The summed E-state index contributed by atoms with van der Waals surface area (Å²) in [6.07, 6.45) is 1.32. The van der Waals surface area contributed by atoms with Crippen LogP contribution in [0.2, 0.25) is 5.02 Å². The van der Waals surface area contributed by atoms with Crippen LogP contribution < -0.4 is 10.1 Å². The fourth-order valence-electron chi connectivity index (χ4n) is 3.38. The molecule has 1 N–H and O–H groups in total. The van der Waals surface area contributed by atoms with Gasteiger partial charge in [-0.15, -0.1) is 0 Å². The van der Waals surface area contributed by atoms with Crippen LogP contribution in [-0.2, 0) is 14.8 Å². The largest absolute Gasteiger partial charge is 0.492 e. The molecule has 0 aliphatic carbocycles. The molecular formula is C22H27ClN2O4S. The number of hydrogen-bond acceptors (Lipinski definition) is 4. The minimum absolute atomic E-state index is 0.149. The third kappa shape index (κ3) is 5.53. The van der Waals surface area contributed by atoms with Gasteiger partial charge in [0.05, 0.1) is 17.4 Å². The highest BCUT2D eigenvalue weighted by molar-refractivity contribution is 7.89. The van der Waals surface area contributed by atoms with Crippen LogP contribution in [0.5, 0.6) is 5.75 Å². The molecule has 1 atom stereocenters. The van der Waals surface area contributed by atoms with Crippen LogP contribution in [0.25, 0.3) is 0 Å². The van der Waals surface area contributed by atoms with Crippen LogP contribution in [0.1, 0.15) is 24.0 Å². The second kappa shape index (κ2) is 9.81. The molecule has 6 nitrogen and oxygen atoms in total. The Balaban J connectivity index is 1.51. The lowest BCUT2D eigenvalue weighted by molar-refractivity contribution is -0.126. The van der Waals surface area contributed by atoms with E-state index in [0.717, 1.165) is 11.1 Å². The van der Waals surface area contributed by atoms with Crippen LogP contribution in [-0.4, -0.2) is 44.9 Å². The molecule has 0 bridgehead atoms. The van der Waals surface area contributed by atoms with Gasteiger partial charge < -0.3 is 10.1 Å². The van der Waals surface area contributed by atoms with E-state index >= 15 is 0 Å². The number of ether oxygens (including phenoxy) is 1. The molecule has 1 amide bonds. The van der Waals surface area contributed by atoms with Gasteiger partial charge in [0.2, 0.25) is 15.9 Å². The van der Waals surface area contributed by atoms with Gasteiger partial charge in [-0.25, -0.2) is 8.42 Å². The number of aryl methyl sites for hydroxylation is 2. The highest BCUT2D eigenvalue weighted by Crippen LogP contribution is 2.24. The minimum Gasteiger partial charge on any atom is -0.492 e. The van der Waals surface area contributed by atoms with E-state index in [1.807, 2.05) is 26.0 Å². The molecule has 1 saturated heterocycles. The first-order chi connectivity index (χ1) is 14.3. The molecule has 30 heavy (non-hydrogen) atoms. The maximum atomic E-state index is 12.9. The van der Waals surface area contributed by atoms with Crippen molar-refractivity contribution in [2.75, 3.05) is 26.2 Å². The summed E-state index contributed by atoms with van der Waals surface area (Å²) in [5, 5.41) is 3.48. The van der Waals surface area contributed by atoms with Crippen LogP contribution >= 0.6 is 11.6 Å². The third-order valence-corrected chi connectivity index (χ3v) is 7.51. The van der Waals surface area contributed by atoms with Gasteiger partial charge in [0.1, 0.15) is 12.4 Å². The molecule has 1 aliphatic rings. The number of piperidine rings is 1. The maximum Gasteiger partial charge on any atom is 0.243 e. The Labute approximate surface area is 183 Å². The van der Waals surface area contributed by atoms with Gasteiger partial charge in [0.15, 0.2) is 0 Å². The molecular weight excluding hydrogens is 424 g/mol. The van der Waals surface area contributed by atoms with Gasteiger partial charge in [-0.3, -0.25) is 4.79 Å². The second-order valence-electron chi connectivity index (χ2n) is 7.57. The number of carbonyl (C=O) groups excluding carboxylic acids is 1. The summed E-state index contributed by atoms with van der Waals surface area (Å²) in [5.41, 5.74) is 1.97. The van der Waals surface area contributed by atoms with E-state index in [4.69, 9.17) is 16.3 Å². The number of hydrogen-bond donors (Lipinski definition) is 1. The molecule has 1 fully saturated rings. The van der Waals surface area contributed by atoms with Gasteiger partial charge in [0, 0.05) is 18.1 Å². The summed E-state index contributed by atoms with van der Waals surface area (Å²) in [6, 6.07) is 12.2. The van der Waals surface area contributed by atoms with E-state index in [1.165, 1.54) is 4.31 Å². The molecule has 0 aromatic heterocycles. The van der Waals surface area contributed by atoms with Crippen LogP contribution in [0, 0.1) is 19.8 Å². The maximum absolute atomic E-state index is 12.9. The molecule has 1 heterocycles. The van der Waals surface area contributed by atoms with Gasteiger partial charge >= 0.3 is 0 Å². The lowest BCUT2D eigenvalue weighted by Gasteiger charge is -2.31. The van der Waals surface area contributed by atoms with Gasteiger partial charge in [-0.2, -0.15) is 4.31 Å². The molecule has 0 spiro atoms. The van der Waals surface area contributed by atoms with Crippen molar-refractivity contribution < 1.29 is 17.9 Å². The first kappa shape index (κ1) is 22.6. The number of nitrogens with zero attached hydrogens (tertiary/aromatic N) is 1. The molecule has 0 unspecified atom stereocenters. The fraction of sp³-hybridized carbons (Fsp3) is 0.409. The van der Waals surface area contributed by atoms with Crippen molar-refractivity contribution in [3.63, 3.8) is 0 Å². The zero-order valence-corrected chi connectivity index (χ0v) is 18.8. The Bertz CT molecular complexity index is 993. The van der Waals surface area contributed by atoms with Gasteiger partial charge in [-0.05, 0) is 56.5 Å². The Morgan fingerprint density at radius 1 is 1.20 bits per heavy atom. The monoisotopic (exact) mass is 450 g/mol. The highest BCUT2D eigenvalue weighted by Gasteiger charge is 2.33. The van der Waals surface area contributed by atoms with Crippen molar-refractivity contribution in [2.45, 2.75) is 31.6 Å². The predicted molar refractivity (Wildman–Crippen MR) is 117 cm³/mol. The highest BCUT2D eigenvalue weighted by atomic mass is 35.5. The standard InChI is InChI=1S/C22H27ClN2O4S/c1-16-5-9-20(10-6-16)30(27,28)25-12-3-4-18(15-25)22(26)24-11-13-29-19-8-7-17(2)21(23)14-19/h5-10,14,18H,3-4,11-13,15H2,1-2H3,(H,24,26)/t18-/m1/s1. The summed E-state index contributed by atoms with van der Waals surface area (Å²) < 4.78 is 32.8. The molecule has 3 rings (SSSR count). The van der Waals surface area contributed by atoms with Crippen molar-refractivity contribution in [1.29, 1.82) is 0 Å². The number of nitrogens with one attached hydrogen (secondary N) is 1. The van der Waals surface area contributed by atoms with Gasteiger partial charge in [0.25, 0.3) is 0 Å². The third-order valence-electron chi connectivity index (χ3n) is 5.23. The van der Waals surface area contributed by atoms with E-state index < -0.39 is 10.0 Å². The van der Waals surface area contributed by atoms with Crippen molar-refractivity contribution in [3.05, 3.63) is 58.6 Å². The first-order valence-electron chi connectivity index (χ1n) is 10.0. The molecule has 162 valence electrons. The summed E-state index contributed by atoms with van der Waals surface area (Å²) in [5.74, 6) is 0.130. The zero-order valence-electron chi connectivity index (χ0n) is 17.2. The molecule has 8 heteroatoms. The normalized spacial score (nSPS) is 17.5. The molecule has 1 aliphatic heterocycles. The average Bonchev–Trinajstić information content (AvgIpc) is 2.74. The van der Waals surface area contributed by atoms with Crippen LogP contribution in [0.15, 0.2) is 47.4 Å².